The molecule has 102 valence electrons. The second kappa shape index (κ2) is 5.38. The van der Waals surface area contributed by atoms with Gasteiger partial charge >= 0.3 is 0 Å². The molecule has 0 amide bonds. The van der Waals surface area contributed by atoms with E-state index in [0.717, 1.165) is 29.3 Å². The maximum absolute atomic E-state index is 6.21. The van der Waals surface area contributed by atoms with Crippen LogP contribution in [0.15, 0.2) is 41.1 Å². The number of hydrogen-bond donors (Lipinski definition) is 1. The molecule has 0 bridgehead atoms. The molecule has 2 aromatic heterocycles. The van der Waals surface area contributed by atoms with Crippen LogP contribution in [0.5, 0.6) is 0 Å². The number of aryl methyl sites for hydroxylation is 1. The molecule has 0 fully saturated rings. The van der Waals surface area contributed by atoms with Crippen molar-refractivity contribution in [3.8, 4) is 0 Å². The van der Waals surface area contributed by atoms with Crippen LogP contribution in [0.4, 0.5) is 0 Å². The molecule has 0 aliphatic carbocycles. The summed E-state index contributed by atoms with van der Waals surface area (Å²) in [4.78, 5) is 8.63. The van der Waals surface area contributed by atoms with E-state index in [9.17, 15) is 0 Å². The Morgan fingerprint density at radius 2 is 2.20 bits per heavy atom. The van der Waals surface area contributed by atoms with Crippen LogP contribution < -0.4 is 5.73 Å². The molecule has 5 nitrogen and oxygen atoms in total. The first-order valence-corrected chi connectivity index (χ1v) is 6.70. The van der Waals surface area contributed by atoms with E-state index in [2.05, 4.69) is 22.0 Å². The molecule has 1 aromatic carbocycles. The van der Waals surface area contributed by atoms with Gasteiger partial charge in [-0.2, -0.15) is 4.98 Å². The zero-order chi connectivity index (χ0) is 13.9. The topological polar surface area (TPSA) is 77.8 Å². The Hall–Kier alpha value is -2.27. The van der Waals surface area contributed by atoms with E-state index in [1.165, 1.54) is 0 Å². The van der Waals surface area contributed by atoms with Crippen LogP contribution in [-0.4, -0.2) is 15.1 Å². The fourth-order valence-electron chi connectivity index (χ4n) is 2.15. The Kier molecular flexibility index (Phi) is 3.43. The highest BCUT2D eigenvalue weighted by atomic mass is 16.5. The second-order valence-corrected chi connectivity index (χ2v) is 4.73. The Bertz CT molecular complexity index is 722. The van der Waals surface area contributed by atoms with Gasteiger partial charge < -0.3 is 10.3 Å². The minimum absolute atomic E-state index is 0.381. The highest BCUT2D eigenvalue weighted by molar-refractivity contribution is 5.79. The van der Waals surface area contributed by atoms with Crippen molar-refractivity contribution in [2.45, 2.75) is 25.8 Å². The van der Waals surface area contributed by atoms with Gasteiger partial charge in [0.15, 0.2) is 5.82 Å². The molecule has 0 aliphatic heterocycles. The standard InChI is InChI=1S/C15H16N4O/c1-2-4-13-18-15(19-20-13)14(16)11-6-7-12-10(9-11)5-3-8-17-12/h3,5-9,14H,2,4,16H2,1H3. The number of fused-ring (bicyclic) bond motifs is 1. The Morgan fingerprint density at radius 3 is 3.05 bits per heavy atom. The molecular formula is C15H16N4O. The smallest absolute Gasteiger partial charge is 0.226 e. The van der Waals surface area contributed by atoms with Crippen molar-refractivity contribution in [2.24, 2.45) is 5.73 Å². The fourth-order valence-corrected chi connectivity index (χ4v) is 2.15. The zero-order valence-corrected chi connectivity index (χ0v) is 11.3. The second-order valence-electron chi connectivity index (χ2n) is 4.73. The van der Waals surface area contributed by atoms with Gasteiger partial charge in [0.25, 0.3) is 0 Å². The average Bonchev–Trinajstić information content (AvgIpc) is 2.95. The van der Waals surface area contributed by atoms with Crippen molar-refractivity contribution in [1.29, 1.82) is 0 Å². The van der Waals surface area contributed by atoms with Crippen LogP contribution in [0.3, 0.4) is 0 Å². The summed E-state index contributed by atoms with van der Waals surface area (Å²) in [5, 5.41) is 5.02. The number of nitrogens with two attached hydrogens (primary N) is 1. The van der Waals surface area contributed by atoms with E-state index in [-0.39, 0.29) is 6.04 Å². The molecule has 0 saturated carbocycles. The van der Waals surface area contributed by atoms with Gasteiger partial charge in [-0.1, -0.05) is 24.2 Å². The predicted molar refractivity (Wildman–Crippen MR) is 76.1 cm³/mol. The number of pyridine rings is 1. The molecule has 1 atom stereocenters. The summed E-state index contributed by atoms with van der Waals surface area (Å²) >= 11 is 0. The van der Waals surface area contributed by atoms with Gasteiger partial charge in [0, 0.05) is 18.0 Å². The zero-order valence-electron chi connectivity index (χ0n) is 11.3. The van der Waals surface area contributed by atoms with Crippen LogP contribution in [-0.2, 0) is 6.42 Å². The van der Waals surface area contributed by atoms with Crippen LogP contribution in [0, 0.1) is 0 Å². The maximum Gasteiger partial charge on any atom is 0.226 e. The molecule has 0 radical (unpaired) electrons. The molecule has 1 unspecified atom stereocenters. The lowest BCUT2D eigenvalue weighted by atomic mass is 10.0. The summed E-state index contributed by atoms with van der Waals surface area (Å²) in [7, 11) is 0. The third-order valence-electron chi connectivity index (χ3n) is 3.21. The number of rotatable bonds is 4. The van der Waals surface area contributed by atoms with Crippen molar-refractivity contribution in [1.82, 2.24) is 15.1 Å². The molecule has 20 heavy (non-hydrogen) atoms. The lowest BCUT2D eigenvalue weighted by molar-refractivity contribution is 0.370. The lowest BCUT2D eigenvalue weighted by Gasteiger charge is -2.08. The summed E-state index contributed by atoms with van der Waals surface area (Å²) in [6.45, 7) is 2.07. The molecule has 0 aliphatic rings. The molecular weight excluding hydrogens is 252 g/mol. The van der Waals surface area contributed by atoms with E-state index in [0.29, 0.717) is 11.7 Å². The Morgan fingerprint density at radius 1 is 1.30 bits per heavy atom. The van der Waals surface area contributed by atoms with Crippen LogP contribution in [0.25, 0.3) is 10.9 Å². The number of benzene rings is 1. The fraction of sp³-hybridized carbons (Fsp3) is 0.267. The van der Waals surface area contributed by atoms with E-state index >= 15 is 0 Å². The quantitative estimate of drug-likeness (QED) is 0.787. The number of aromatic nitrogens is 3. The van der Waals surface area contributed by atoms with Crippen molar-refractivity contribution < 1.29 is 4.52 Å². The highest BCUT2D eigenvalue weighted by Crippen LogP contribution is 2.21. The van der Waals surface area contributed by atoms with Gasteiger partial charge in [0.1, 0.15) is 0 Å². The summed E-state index contributed by atoms with van der Waals surface area (Å²) in [5.41, 5.74) is 8.11. The molecule has 3 aromatic rings. The predicted octanol–water partition coefficient (Wildman–Crippen LogP) is 2.62. The van der Waals surface area contributed by atoms with Gasteiger partial charge in [-0.25, -0.2) is 0 Å². The third-order valence-corrected chi connectivity index (χ3v) is 3.21. The van der Waals surface area contributed by atoms with Gasteiger partial charge in [-0.3, -0.25) is 4.98 Å². The van der Waals surface area contributed by atoms with Crippen molar-refractivity contribution in [3.63, 3.8) is 0 Å². The SMILES string of the molecule is CCCc1nc(C(N)c2ccc3ncccc3c2)no1. The van der Waals surface area contributed by atoms with Gasteiger partial charge in [-0.05, 0) is 30.2 Å². The molecule has 3 rings (SSSR count). The largest absolute Gasteiger partial charge is 0.339 e. The van der Waals surface area contributed by atoms with Crippen LogP contribution in [0.1, 0.15) is 36.7 Å². The summed E-state index contributed by atoms with van der Waals surface area (Å²) in [6, 6.07) is 9.47. The van der Waals surface area contributed by atoms with E-state index < -0.39 is 0 Å². The Labute approximate surface area is 116 Å². The molecule has 5 heteroatoms. The number of nitrogens with zero attached hydrogens (tertiary/aromatic N) is 3. The molecule has 2 N–H and O–H groups in total. The van der Waals surface area contributed by atoms with E-state index in [4.69, 9.17) is 10.3 Å². The van der Waals surface area contributed by atoms with E-state index in [1.54, 1.807) is 6.20 Å². The first-order valence-electron chi connectivity index (χ1n) is 6.70. The lowest BCUT2D eigenvalue weighted by Crippen LogP contribution is -2.13. The number of hydrogen-bond acceptors (Lipinski definition) is 5. The van der Waals surface area contributed by atoms with Crippen molar-refractivity contribution in [3.05, 3.63) is 53.8 Å². The minimum atomic E-state index is -0.381. The van der Waals surface area contributed by atoms with Gasteiger partial charge in [0.05, 0.1) is 11.6 Å². The van der Waals surface area contributed by atoms with Crippen LogP contribution >= 0.6 is 0 Å². The molecule has 2 heterocycles. The van der Waals surface area contributed by atoms with Gasteiger partial charge in [-0.15, -0.1) is 0 Å². The Balaban J connectivity index is 1.92. The molecule has 0 saturated heterocycles. The average molecular weight is 268 g/mol. The normalized spacial score (nSPS) is 12.7. The maximum atomic E-state index is 6.21. The first-order chi connectivity index (χ1) is 9.78. The summed E-state index contributed by atoms with van der Waals surface area (Å²) in [6.07, 6.45) is 3.53. The van der Waals surface area contributed by atoms with E-state index in [1.807, 2.05) is 30.3 Å². The summed E-state index contributed by atoms with van der Waals surface area (Å²) < 4.78 is 5.18. The minimum Gasteiger partial charge on any atom is -0.339 e. The van der Waals surface area contributed by atoms with Crippen LogP contribution in [0.2, 0.25) is 0 Å². The first kappa shape index (κ1) is 12.7. The van der Waals surface area contributed by atoms with Gasteiger partial charge in [0.2, 0.25) is 5.89 Å². The monoisotopic (exact) mass is 268 g/mol. The molecule has 0 spiro atoms. The van der Waals surface area contributed by atoms with Crippen molar-refractivity contribution >= 4 is 10.9 Å². The van der Waals surface area contributed by atoms with Crippen molar-refractivity contribution in [2.75, 3.05) is 0 Å². The third kappa shape index (κ3) is 2.40. The highest BCUT2D eigenvalue weighted by Gasteiger charge is 2.16. The summed E-state index contributed by atoms with van der Waals surface area (Å²) in [5.74, 6) is 1.16.